The van der Waals surface area contributed by atoms with Gasteiger partial charge in [0.05, 0.1) is 12.5 Å². The Morgan fingerprint density at radius 1 is 1.12 bits per heavy atom. The van der Waals surface area contributed by atoms with Gasteiger partial charge in [-0.2, -0.15) is 0 Å². The number of ether oxygens (including phenoxy) is 1. The molecule has 0 atom stereocenters. The molecule has 1 aliphatic carbocycles. The van der Waals surface area contributed by atoms with Crippen LogP contribution in [0.1, 0.15) is 37.7 Å². The van der Waals surface area contributed by atoms with Crippen molar-refractivity contribution in [3.63, 3.8) is 0 Å². The third-order valence-electron chi connectivity index (χ3n) is 3.67. The molecule has 1 aromatic rings. The van der Waals surface area contributed by atoms with Crippen LogP contribution in [-0.4, -0.2) is 13.0 Å². The third-order valence-corrected chi connectivity index (χ3v) is 3.67. The Hall–Kier alpha value is -1.31. The Labute approximate surface area is 97.1 Å². The van der Waals surface area contributed by atoms with E-state index in [0.29, 0.717) is 5.90 Å². The van der Waals surface area contributed by atoms with Gasteiger partial charge in [0.15, 0.2) is 5.90 Å². The van der Waals surface area contributed by atoms with E-state index in [1.807, 2.05) is 6.07 Å². The van der Waals surface area contributed by atoms with Gasteiger partial charge in [0, 0.05) is 0 Å². The van der Waals surface area contributed by atoms with Crippen molar-refractivity contribution in [1.29, 1.82) is 5.41 Å². The first kappa shape index (κ1) is 11.2. The zero-order valence-electron chi connectivity index (χ0n) is 9.83. The van der Waals surface area contributed by atoms with Crippen molar-refractivity contribution in [3.05, 3.63) is 35.9 Å². The van der Waals surface area contributed by atoms with Crippen LogP contribution in [0, 0.1) is 5.41 Å². The molecule has 0 amide bonds. The quantitative estimate of drug-likeness (QED) is 0.596. The van der Waals surface area contributed by atoms with E-state index in [0.717, 1.165) is 12.8 Å². The van der Waals surface area contributed by atoms with Crippen LogP contribution in [0.15, 0.2) is 30.3 Å². The minimum Gasteiger partial charge on any atom is -0.484 e. The molecule has 0 heterocycles. The standard InChI is InChI=1S/C14H19NO/c1-16-13(15)14(10-6-3-7-11-14)12-8-4-2-5-9-12/h2,4-5,8-9,15H,3,6-7,10-11H2,1H3. The van der Waals surface area contributed by atoms with E-state index < -0.39 is 0 Å². The molecule has 1 aromatic carbocycles. The molecular formula is C14H19NO. The number of hydrogen-bond donors (Lipinski definition) is 1. The van der Waals surface area contributed by atoms with Gasteiger partial charge in [0.1, 0.15) is 0 Å². The number of benzene rings is 1. The monoisotopic (exact) mass is 217 g/mol. The fraction of sp³-hybridized carbons (Fsp3) is 0.500. The Kier molecular flexibility index (Phi) is 3.28. The van der Waals surface area contributed by atoms with Crippen molar-refractivity contribution in [3.8, 4) is 0 Å². The van der Waals surface area contributed by atoms with Gasteiger partial charge in [-0.25, -0.2) is 0 Å². The Bertz CT molecular complexity index is 352. The van der Waals surface area contributed by atoms with Crippen LogP contribution in [0.2, 0.25) is 0 Å². The van der Waals surface area contributed by atoms with E-state index in [2.05, 4.69) is 24.3 Å². The predicted octanol–water partition coefficient (Wildman–Crippen LogP) is 3.51. The summed E-state index contributed by atoms with van der Waals surface area (Å²) in [7, 11) is 1.61. The summed E-state index contributed by atoms with van der Waals surface area (Å²) in [5.41, 5.74) is 1.08. The van der Waals surface area contributed by atoms with Crippen LogP contribution >= 0.6 is 0 Å². The Balaban J connectivity index is 2.38. The minimum atomic E-state index is -0.158. The molecule has 1 aliphatic rings. The lowest BCUT2D eigenvalue weighted by molar-refractivity contribution is 0.289. The summed E-state index contributed by atoms with van der Waals surface area (Å²) in [6.07, 6.45) is 5.76. The molecule has 0 aromatic heterocycles. The average Bonchev–Trinajstić information content (AvgIpc) is 2.39. The third kappa shape index (κ3) is 1.84. The number of rotatable bonds is 2. The zero-order chi connectivity index (χ0) is 11.4. The van der Waals surface area contributed by atoms with Crippen LogP contribution in [0.3, 0.4) is 0 Å². The van der Waals surface area contributed by atoms with Crippen molar-refractivity contribution in [1.82, 2.24) is 0 Å². The van der Waals surface area contributed by atoms with Gasteiger partial charge in [-0.15, -0.1) is 0 Å². The number of hydrogen-bond acceptors (Lipinski definition) is 2. The minimum absolute atomic E-state index is 0.158. The molecule has 2 nitrogen and oxygen atoms in total. The summed E-state index contributed by atoms with van der Waals surface area (Å²) in [6.45, 7) is 0. The van der Waals surface area contributed by atoms with Gasteiger partial charge in [0.25, 0.3) is 0 Å². The largest absolute Gasteiger partial charge is 0.484 e. The molecular weight excluding hydrogens is 198 g/mol. The molecule has 86 valence electrons. The summed E-state index contributed by atoms with van der Waals surface area (Å²) < 4.78 is 5.23. The topological polar surface area (TPSA) is 33.1 Å². The molecule has 2 rings (SSSR count). The zero-order valence-corrected chi connectivity index (χ0v) is 9.83. The maximum absolute atomic E-state index is 8.10. The van der Waals surface area contributed by atoms with E-state index in [9.17, 15) is 0 Å². The van der Waals surface area contributed by atoms with Gasteiger partial charge < -0.3 is 4.74 Å². The van der Waals surface area contributed by atoms with E-state index in [1.54, 1.807) is 7.11 Å². The molecule has 0 aliphatic heterocycles. The average molecular weight is 217 g/mol. The smallest absolute Gasteiger partial charge is 0.191 e. The molecule has 0 bridgehead atoms. The van der Waals surface area contributed by atoms with Crippen LogP contribution in [0.25, 0.3) is 0 Å². The Morgan fingerprint density at radius 3 is 2.31 bits per heavy atom. The molecule has 2 heteroatoms. The van der Waals surface area contributed by atoms with Crippen molar-refractivity contribution >= 4 is 5.90 Å². The van der Waals surface area contributed by atoms with E-state index in [-0.39, 0.29) is 5.41 Å². The van der Waals surface area contributed by atoms with Crippen LogP contribution in [-0.2, 0) is 10.2 Å². The highest BCUT2D eigenvalue weighted by Crippen LogP contribution is 2.40. The molecule has 1 saturated carbocycles. The van der Waals surface area contributed by atoms with Crippen LogP contribution in [0.5, 0.6) is 0 Å². The van der Waals surface area contributed by atoms with Crippen molar-refractivity contribution in [2.45, 2.75) is 37.5 Å². The molecule has 1 fully saturated rings. The molecule has 0 radical (unpaired) electrons. The lowest BCUT2D eigenvalue weighted by atomic mass is 9.69. The van der Waals surface area contributed by atoms with Crippen LogP contribution < -0.4 is 0 Å². The van der Waals surface area contributed by atoms with E-state index in [1.165, 1.54) is 24.8 Å². The maximum atomic E-state index is 8.10. The summed E-state index contributed by atoms with van der Waals surface area (Å²) in [4.78, 5) is 0. The second-order valence-electron chi connectivity index (χ2n) is 4.54. The van der Waals surface area contributed by atoms with Crippen molar-refractivity contribution in [2.75, 3.05) is 7.11 Å². The summed E-state index contributed by atoms with van der Waals surface area (Å²) in [5, 5.41) is 8.10. The second kappa shape index (κ2) is 4.69. The lowest BCUT2D eigenvalue weighted by Gasteiger charge is -2.37. The van der Waals surface area contributed by atoms with Gasteiger partial charge in [-0.05, 0) is 18.4 Å². The van der Waals surface area contributed by atoms with Gasteiger partial charge >= 0.3 is 0 Å². The SMILES string of the molecule is COC(=N)C1(c2ccccc2)CCCCC1. The maximum Gasteiger partial charge on any atom is 0.191 e. The molecule has 0 unspecified atom stereocenters. The van der Waals surface area contributed by atoms with Gasteiger partial charge in [-0.1, -0.05) is 49.6 Å². The first-order valence-electron chi connectivity index (χ1n) is 5.98. The number of nitrogens with one attached hydrogen (secondary N) is 1. The highest BCUT2D eigenvalue weighted by Gasteiger charge is 2.39. The Morgan fingerprint density at radius 2 is 1.75 bits per heavy atom. The molecule has 1 N–H and O–H groups in total. The molecule has 0 saturated heterocycles. The highest BCUT2D eigenvalue weighted by molar-refractivity contribution is 5.85. The fourth-order valence-electron chi connectivity index (χ4n) is 2.75. The van der Waals surface area contributed by atoms with E-state index >= 15 is 0 Å². The van der Waals surface area contributed by atoms with Gasteiger partial charge in [0.2, 0.25) is 0 Å². The molecule has 0 spiro atoms. The van der Waals surface area contributed by atoms with Crippen LogP contribution in [0.4, 0.5) is 0 Å². The normalized spacial score (nSPS) is 19.1. The first-order valence-corrected chi connectivity index (χ1v) is 5.98. The summed E-state index contributed by atoms with van der Waals surface area (Å²) in [5.74, 6) is 0.429. The van der Waals surface area contributed by atoms with Crippen molar-refractivity contribution in [2.24, 2.45) is 0 Å². The molecule has 16 heavy (non-hydrogen) atoms. The highest BCUT2D eigenvalue weighted by atomic mass is 16.5. The second-order valence-corrected chi connectivity index (χ2v) is 4.54. The fourth-order valence-corrected chi connectivity index (χ4v) is 2.75. The van der Waals surface area contributed by atoms with E-state index in [4.69, 9.17) is 10.1 Å². The van der Waals surface area contributed by atoms with Gasteiger partial charge in [-0.3, -0.25) is 5.41 Å². The lowest BCUT2D eigenvalue weighted by Crippen LogP contribution is -2.38. The first-order chi connectivity index (χ1) is 7.79. The predicted molar refractivity (Wildman–Crippen MR) is 65.9 cm³/mol. The summed E-state index contributed by atoms with van der Waals surface area (Å²) in [6, 6.07) is 10.4. The summed E-state index contributed by atoms with van der Waals surface area (Å²) >= 11 is 0. The number of methoxy groups -OCH3 is 1. The van der Waals surface area contributed by atoms with Crippen molar-refractivity contribution < 1.29 is 4.74 Å².